The fourth-order valence-electron chi connectivity index (χ4n) is 4.15. The largest absolute Gasteiger partial charge is 0.317 e. The van der Waals surface area contributed by atoms with Crippen molar-refractivity contribution in [2.45, 2.75) is 37.6 Å². The number of para-hydroxylation sites is 1. The van der Waals surface area contributed by atoms with Gasteiger partial charge in [0, 0.05) is 34.8 Å². The third-order valence-electron chi connectivity index (χ3n) is 5.90. The smallest absolute Gasteiger partial charge is 0.225 e. The molecule has 1 amide bonds. The Bertz CT molecular complexity index is 1220. The van der Waals surface area contributed by atoms with Crippen molar-refractivity contribution in [3.05, 3.63) is 65.0 Å². The lowest BCUT2D eigenvalue weighted by Gasteiger charge is -2.25. The van der Waals surface area contributed by atoms with Crippen LogP contribution in [0.25, 0.3) is 20.8 Å². The Morgan fingerprint density at radius 3 is 2.71 bits per heavy atom. The van der Waals surface area contributed by atoms with Crippen LogP contribution in [0, 0.1) is 0 Å². The van der Waals surface area contributed by atoms with Crippen LogP contribution in [0.4, 0.5) is 5.00 Å². The van der Waals surface area contributed by atoms with E-state index in [4.69, 9.17) is 4.98 Å². The van der Waals surface area contributed by atoms with Gasteiger partial charge < -0.3 is 5.32 Å². The Balaban J connectivity index is 0.00000274. The SMILES string of the molecule is CCN1CCc2c(sc(NC(=O)CCCSc3ccccc3)c2-c2nc3ccccc3s2)C1.Cl. The first kappa shape index (κ1) is 25.2. The summed E-state index contributed by atoms with van der Waals surface area (Å²) in [6.07, 6.45) is 2.40. The maximum atomic E-state index is 12.9. The molecule has 1 N–H and O–H groups in total. The Hall–Kier alpha value is -1.90. The number of hydrogen-bond donors (Lipinski definition) is 1. The van der Waals surface area contributed by atoms with Gasteiger partial charge in [-0.05, 0) is 55.0 Å². The van der Waals surface area contributed by atoms with Crippen molar-refractivity contribution in [2.75, 3.05) is 24.2 Å². The highest BCUT2D eigenvalue weighted by atomic mass is 35.5. The second kappa shape index (κ2) is 11.7. The zero-order chi connectivity index (χ0) is 22.6. The topological polar surface area (TPSA) is 45.2 Å². The molecule has 0 bridgehead atoms. The molecule has 0 aliphatic carbocycles. The van der Waals surface area contributed by atoms with E-state index in [0.717, 1.165) is 59.3 Å². The number of rotatable bonds is 8. The zero-order valence-corrected chi connectivity index (χ0v) is 22.3. The summed E-state index contributed by atoms with van der Waals surface area (Å²) in [5.74, 6) is 1.03. The van der Waals surface area contributed by atoms with Gasteiger partial charge in [-0.15, -0.1) is 46.8 Å². The Morgan fingerprint density at radius 2 is 1.91 bits per heavy atom. The molecule has 0 spiro atoms. The van der Waals surface area contributed by atoms with Crippen molar-refractivity contribution >= 4 is 68.0 Å². The van der Waals surface area contributed by atoms with Crippen LogP contribution in [0.5, 0.6) is 0 Å². The molecule has 178 valence electrons. The summed E-state index contributed by atoms with van der Waals surface area (Å²) in [7, 11) is 0. The molecule has 4 nitrogen and oxygen atoms in total. The number of carbonyl (C=O) groups is 1. The predicted molar refractivity (Wildman–Crippen MR) is 150 cm³/mol. The number of nitrogens with one attached hydrogen (secondary N) is 1. The Morgan fingerprint density at radius 1 is 1.12 bits per heavy atom. The molecule has 4 aromatic rings. The van der Waals surface area contributed by atoms with Gasteiger partial charge in [-0.1, -0.05) is 37.3 Å². The second-order valence-electron chi connectivity index (χ2n) is 8.13. The average Bonchev–Trinajstić information content (AvgIpc) is 3.42. The minimum Gasteiger partial charge on any atom is -0.317 e. The molecule has 0 radical (unpaired) electrons. The quantitative estimate of drug-likeness (QED) is 0.191. The van der Waals surface area contributed by atoms with Crippen molar-refractivity contribution in [2.24, 2.45) is 0 Å². The minimum absolute atomic E-state index is 0. The summed E-state index contributed by atoms with van der Waals surface area (Å²) in [6.45, 7) is 5.28. The van der Waals surface area contributed by atoms with Gasteiger partial charge in [0.05, 0.1) is 10.2 Å². The van der Waals surface area contributed by atoms with E-state index in [0.29, 0.717) is 6.42 Å². The summed E-state index contributed by atoms with van der Waals surface area (Å²) < 4.78 is 1.19. The maximum absolute atomic E-state index is 12.9. The van der Waals surface area contributed by atoms with E-state index in [2.05, 4.69) is 59.6 Å². The normalized spacial score (nSPS) is 13.4. The van der Waals surface area contributed by atoms with Crippen LogP contribution in [-0.4, -0.2) is 34.6 Å². The lowest BCUT2D eigenvalue weighted by Crippen LogP contribution is -2.29. The lowest BCUT2D eigenvalue weighted by molar-refractivity contribution is -0.116. The molecule has 0 unspecified atom stereocenters. The van der Waals surface area contributed by atoms with Crippen molar-refractivity contribution < 1.29 is 4.79 Å². The van der Waals surface area contributed by atoms with Crippen molar-refractivity contribution in [3.8, 4) is 10.6 Å². The summed E-state index contributed by atoms with van der Waals surface area (Å²) in [6, 6.07) is 18.6. The van der Waals surface area contributed by atoms with E-state index in [-0.39, 0.29) is 18.3 Å². The molecule has 34 heavy (non-hydrogen) atoms. The van der Waals surface area contributed by atoms with Crippen LogP contribution in [0.2, 0.25) is 0 Å². The molecule has 3 heterocycles. The van der Waals surface area contributed by atoms with E-state index >= 15 is 0 Å². The lowest BCUT2D eigenvalue weighted by atomic mass is 10.0. The van der Waals surface area contributed by atoms with Crippen molar-refractivity contribution in [1.82, 2.24) is 9.88 Å². The third kappa shape index (κ3) is 5.66. The third-order valence-corrected chi connectivity index (χ3v) is 9.19. The number of thiophene rings is 1. The molecular formula is C26H28ClN3OS3. The summed E-state index contributed by atoms with van der Waals surface area (Å²) in [4.78, 5) is 22.9. The van der Waals surface area contributed by atoms with Crippen LogP contribution in [-0.2, 0) is 17.8 Å². The van der Waals surface area contributed by atoms with Gasteiger partial charge in [0.2, 0.25) is 5.91 Å². The molecule has 0 fully saturated rings. The van der Waals surface area contributed by atoms with Gasteiger partial charge in [-0.2, -0.15) is 0 Å². The van der Waals surface area contributed by atoms with E-state index in [1.807, 2.05) is 12.1 Å². The first-order chi connectivity index (χ1) is 16.2. The van der Waals surface area contributed by atoms with Gasteiger partial charge in [-0.3, -0.25) is 9.69 Å². The molecule has 2 aromatic heterocycles. The highest BCUT2D eigenvalue weighted by Crippen LogP contribution is 2.45. The number of benzene rings is 2. The fraction of sp³-hybridized carbons (Fsp3) is 0.308. The van der Waals surface area contributed by atoms with Crippen LogP contribution >= 0.6 is 46.8 Å². The summed E-state index contributed by atoms with van der Waals surface area (Å²) in [5, 5.41) is 5.25. The number of thioether (sulfide) groups is 1. The van der Waals surface area contributed by atoms with Gasteiger partial charge in [0.15, 0.2) is 0 Å². The first-order valence-electron chi connectivity index (χ1n) is 11.4. The number of aromatic nitrogens is 1. The molecule has 2 aromatic carbocycles. The molecule has 0 saturated carbocycles. The average molecular weight is 530 g/mol. The summed E-state index contributed by atoms with van der Waals surface area (Å²) in [5.41, 5.74) is 3.55. The number of nitrogens with zero attached hydrogens (tertiary/aromatic N) is 2. The zero-order valence-electron chi connectivity index (χ0n) is 19.1. The molecule has 1 aliphatic rings. The number of amides is 1. The Labute approximate surface area is 219 Å². The standard InChI is InChI=1S/C26H27N3OS3.ClH/c1-2-29-15-14-19-22(17-29)33-26(24(19)25-27-20-11-6-7-12-21(20)32-25)28-23(30)13-8-16-31-18-9-4-3-5-10-18;/h3-7,9-12H,2,8,13-17H2,1H3,(H,28,30);1H. The van der Waals surface area contributed by atoms with Gasteiger partial charge in [0.1, 0.15) is 10.0 Å². The number of fused-ring (bicyclic) bond motifs is 2. The molecule has 8 heteroatoms. The van der Waals surface area contributed by atoms with Crippen LogP contribution < -0.4 is 5.32 Å². The summed E-state index contributed by atoms with van der Waals surface area (Å²) >= 11 is 5.26. The number of anilines is 1. The number of thiazole rings is 1. The maximum Gasteiger partial charge on any atom is 0.225 e. The van der Waals surface area contributed by atoms with E-state index in [1.54, 1.807) is 34.4 Å². The van der Waals surface area contributed by atoms with E-state index < -0.39 is 0 Å². The molecule has 0 saturated heterocycles. The van der Waals surface area contributed by atoms with Gasteiger partial charge in [0.25, 0.3) is 0 Å². The van der Waals surface area contributed by atoms with Crippen molar-refractivity contribution in [3.63, 3.8) is 0 Å². The Kier molecular flexibility index (Phi) is 8.66. The van der Waals surface area contributed by atoms with Gasteiger partial charge in [-0.25, -0.2) is 4.98 Å². The monoisotopic (exact) mass is 529 g/mol. The molecular weight excluding hydrogens is 502 g/mol. The van der Waals surface area contributed by atoms with E-state index in [9.17, 15) is 4.79 Å². The predicted octanol–water partition coefficient (Wildman–Crippen LogP) is 7.34. The highest BCUT2D eigenvalue weighted by molar-refractivity contribution is 7.99. The van der Waals surface area contributed by atoms with Crippen LogP contribution in [0.1, 0.15) is 30.2 Å². The van der Waals surface area contributed by atoms with Crippen molar-refractivity contribution in [1.29, 1.82) is 0 Å². The van der Waals surface area contributed by atoms with E-state index in [1.165, 1.54) is 20.0 Å². The van der Waals surface area contributed by atoms with Crippen LogP contribution in [0.3, 0.4) is 0 Å². The number of hydrogen-bond acceptors (Lipinski definition) is 6. The van der Waals surface area contributed by atoms with Gasteiger partial charge >= 0.3 is 0 Å². The number of halogens is 1. The number of carbonyl (C=O) groups excluding carboxylic acids is 1. The fourth-order valence-corrected chi connectivity index (χ4v) is 7.44. The molecule has 1 aliphatic heterocycles. The highest BCUT2D eigenvalue weighted by Gasteiger charge is 2.27. The molecule has 5 rings (SSSR count). The van der Waals surface area contributed by atoms with Crippen LogP contribution in [0.15, 0.2) is 59.5 Å². The first-order valence-corrected chi connectivity index (χ1v) is 14.0. The minimum atomic E-state index is 0. The molecule has 0 atom stereocenters. The number of likely N-dealkylation sites (N-methyl/N-ethyl adjacent to an activating group) is 1. The second-order valence-corrected chi connectivity index (χ2v) is 11.4.